The van der Waals surface area contributed by atoms with Gasteiger partial charge in [-0.3, -0.25) is 9.89 Å². The lowest BCUT2D eigenvalue weighted by atomic mass is 10.1. The third-order valence-corrected chi connectivity index (χ3v) is 4.17. The van der Waals surface area contributed by atoms with Crippen LogP contribution in [0.5, 0.6) is 0 Å². The average Bonchev–Trinajstić information content (AvgIpc) is 2.98. The lowest BCUT2D eigenvalue weighted by Gasteiger charge is -2.26. The summed E-state index contributed by atoms with van der Waals surface area (Å²) in [5, 5.41) is 6.98. The fourth-order valence-corrected chi connectivity index (χ4v) is 3.11. The highest BCUT2D eigenvalue weighted by molar-refractivity contribution is 7.99. The molecule has 2 aromatic rings. The molecule has 98 valence electrons. The molecule has 1 aliphatic rings. The standard InChI is InChI=1S/C14H15N3OS/c18-14(17-6-8-19-9-7-17)12-10-15-16-13(12)11-4-2-1-3-5-11/h1-5,10H,6-9H2,(H,15,16). The number of aromatic amines is 1. The van der Waals surface area contributed by atoms with E-state index in [0.717, 1.165) is 35.9 Å². The molecule has 0 saturated carbocycles. The van der Waals surface area contributed by atoms with Gasteiger partial charge in [-0.05, 0) is 0 Å². The van der Waals surface area contributed by atoms with Crippen LogP contribution in [0.4, 0.5) is 0 Å². The zero-order valence-corrected chi connectivity index (χ0v) is 11.3. The molecule has 1 fully saturated rings. The number of nitrogens with one attached hydrogen (secondary N) is 1. The topological polar surface area (TPSA) is 49.0 Å². The van der Waals surface area contributed by atoms with Crippen LogP contribution < -0.4 is 0 Å². The van der Waals surface area contributed by atoms with Gasteiger partial charge in [-0.25, -0.2) is 0 Å². The van der Waals surface area contributed by atoms with Crippen molar-refractivity contribution in [2.75, 3.05) is 24.6 Å². The SMILES string of the molecule is O=C(c1cn[nH]c1-c1ccccc1)N1CCSCC1. The fourth-order valence-electron chi connectivity index (χ4n) is 2.21. The number of aromatic nitrogens is 2. The molecule has 1 aromatic carbocycles. The van der Waals surface area contributed by atoms with Crippen molar-refractivity contribution in [3.8, 4) is 11.3 Å². The average molecular weight is 273 g/mol. The molecule has 0 aliphatic carbocycles. The van der Waals surface area contributed by atoms with Gasteiger partial charge in [0.15, 0.2) is 0 Å². The summed E-state index contributed by atoms with van der Waals surface area (Å²) in [6.07, 6.45) is 1.63. The summed E-state index contributed by atoms with van der Waals surface area (Å²) in [6, 6.07) is 9.85. The molecule has 3 rings (SSSR count). The van der Waals surface area contributed by atoms with Crippen LogP contribution in [0.25, 0.3) is 11.3 Å². The van der Waals surface area contributed by atoms with Crippen LogP contribution in [0.1, 0.15) is 10.4 Å². The second-order valence-corrected chi connectivity index (χ2v) is 5.65. The number of amides is 1. The first kappa shape index (κ1) is 12.3. The summed E-state index contributed by atoms with van der Waals surface area (Å²) >= 11 is 1.90. The van der Waals surface area contributed by atoms with Gasteiger partial charge in [-0.1, -0.05) is 30.3 Å². The van der Waals surface area contributed by atoms with Crippen molar-refractivity contribution in [1.82, 2.24) is 15.1 Å². The Balaban J connectivity index is 1.89. The van der Waals surface area contributed by atoms with E-state index in [9.17, 15) is 4.79 Å². The van der Waals surface area contributed by atoms with E-state index in [2.05, 4.69) is 10.2 Å². The molecule has 0 unspecified atom stereocenters. The number of H-pyrrole nitrogens is 1. The van der Waals surface area contributed by atoms with Crippen LogP contribution in [0, 0.1) is 0 Å². The van der Waals surface area contributed by atoms with E-state index in [4.69, 9.17) is 0 Å². The van der Waals surface area contributed by atoms with Gasteiger partial charge >= 0.3 is 0 Å². The number of carbonyl (C=O) groups excluding carboxylic acids is 1. The van der Waals surface area contributed by atoms with Gasteiger partial charge in [0.2, 0.25) is 0 Å². The lowest BCUT2D eigenvalue weighted by molar-refractivity contribution is 0.0773. The minimum atomic E-state index is 0.0768. The van der Waals surface area contributed by atoms with Crippen LogP contribution in [0.3, 0.4) is 0 Å². The summed E-state index contributed by atoms with van der Waals surface area (Å²) < 4.78 is 0. The Kier molecular flexibility index (Phi) is 3.55. The first-order chi connectivity index (χ1) is 9.36. The monoisotopic (exact) mass is 273 g/mol. The predicted octanol–water partition coefficient (Wildman–Crippen LogP) is 2.27. The summed E-state index contributed by atoms with van der Waals surface area (Å²) in [5.74, 6) is 2.11. The van der Waals surface area contributed by atoms with Crippen molar-refractivity contribution in [2.24, 2.45) is 0 Å². The molecule has 0 atom stereocenters. The molecule has 5 heteroatoms. The number of hydrogen-bond acceptors (Lipinski definition) is 3. The van der Waals surface area contributed by atoms with Crippen molar-refractivity contribution in [2.45, 2.75) is 0 Å². The highest BCUT2D eigenvalue weighted by Gasteiger charge is 2.22. The van der Waals surface area contributed by atoms with E-state index in [-0.39, 0.29) is 5.91 Å². The Morgan fingerprint density at radius 3 is 2.68 bits per heavy atom. The van der Waals surface area contributed by atoms with Crippen molar-refractivity contribution in [1.29, 1.82) is 0 Å². The quantitative estimate of drug-likeness (QED) is 0.913. The van der Waals surface area contributed by atoms with Gasteiger partial charge in [-0.2, -0.15) is 16.9 Å². The molecule has 4 nitrogen and oxygen atoms in total. The molecule has 0 radical (unpaired) electrons. The van der Waals surface area contributed by atoms with Crippen molar-refractivity contribution < 1.29 is 4.79 Å². The Morgan fingerprint density at radius 2 is 1.95 bits per heavy atom. The van der Waals surface area contributed by atoms with E-state index < -0.39 is 0 Å². The molecule has 1 amide bonds. The Labute approximate surface area is 116 Å². The molecule has 1 saturated heterocycles. The highest BCUT2D eigenvalue weighted by atomic mass is 32.2. The maximum Gasteiger partial charge on any atom is 0.257 e. The number of rotatable bonds is 2. The smallest absolute Gasteiger partial charge is 0.257 e. The predicted molar refractivity (Wildman–Crippen MR) is 77.3 cm³/mol. The minimum absolute atomic E-state index is 0.0768. The van der Waals surface area contributed by atoms with Crippen LogP contribution in [-0.4, -0.2) is 45.6 Å². The Hall–Kier alpha value is -1.75. The van der Waals surface area contributed by atoms with Crippen LogP contribution >= 0.6 is 11.8 Å². The second-order valence-electron chi connectivity index (χ2n) is 4.43. The van der Waals surface area contributed by atoms with Crippen LogP contribution in [0.15, 0.2) is 36.5 Å². The second kappa shape index (κ2) is 5.48. The van der Waals surface area contributed by atoms with E-state index >= 15 is 0 Å². The molecular formula is C14H15N3OS. The van der Waals surface area contributed by atoms with Crippen LogP contribution in [-0.2, 0) is 0 Å². The Bertz CT molecular complexity index is 561. The van der Waals surface area contributed by atoms with Gasteiger partial charge in [-0.15, -0.1) is 0 Å². The first-order valence-electron chi connectivity index (χ1n) is 6.32. The number of thioether (sulfide) groups is 1. The van der Waals surface area contributed by atoms with Gasteiger partial charge < -0.3 is 4.90 Å². The van der Waals surface area contributed by atoms with Gasteiger partial charge in [0, 0.05) is 30.2 Å². The molecule has 0 bridgehead atoms. The first-order valence-corrected chi connectivity index (χ1v) is 7.47. The van der Waals surface area contributed by atoms with E-state index in [1.54, 1.807) is 6.20 Å². The molecule has 0 spiro atoms. The largest absolute Gasteiger partial charge is 0.337 e. The zero-order valence-electron chi connectivity index (χ0n) is 10.5. The maximum absolute atomic E-state index is 12.5. The lowest BCUT2D eigenvalue weighted by Crippen LogP contribution is -2.37. The molecule has 2 heterocycles. The van der Waals surface area contributed by atoms with Crippen LogP contribution in [0.2, 0.25) is 0 Å². The zero-order chi connectivity index (χ0) is 13.1. The summed E-state index contributed by atoms with van der Waals surface area (Å²) in [7, 11) is 0. The molecular weight excluding hydrogens is 258 g/mol. The third-order valence-electron chi connectivity index (χ3n) is 3.23. The minimum Gasteiger partial charge on any atom is -0.337 e. The van der Waals surface area contributed by atoms with Crippen molar-refractivity contribution in [3.63, 3.8) is 0 Å². The highest BCUT2D eigenvalue weighted by Crippen LogP contribution is 2.23. The van der Waals surface area contributed by atoms with E-state index in [1.807, 2.05) is 47.0 Å². The fraction of sp³-hybridized carbons (Fsp3) is 0.286. The molecule has 19 heavy (non-hydrogen) atoms. The molecule has 1 aromatic heterocycles. The van der Waals surface area contributed by atoms with E-state index in [1.165, 1.54) is 0 Å². The van der Waals surface area contributed by atoms with Gasteiger partial charge in [0.05, 0.1) is 17.5 Å². The summed E-state index contributed by atoms with van der Waals surface area (Å²) in [5.41, 5.74) is 2.47. The van der Waals surface area contributed by atoms with Gasteiger partial charge in [0.25, 0.3) is 5.91 Å². The summed E-state index contributed by atoms with van der Waals surface area (Å²) in [4.78, 5) is 14.4. The number of nitrogens with zero attached hydrogens (tertiary/aromatic N) is 2. The number of benzene rings is 1. The molecule has 1 aliphatic heterocycles. The maximum atomic E-state index is 12.5. The normalized spacial score (nSPS) is 15.5. The Morgan fingerprint density at radius 1 is 1.21 bits per heavy atom. The summed E-state index contributed by atoms with van der Waals surface area (Å²) in [6.45, 7) is 1.64. The van der Waals surface area contributed by atoms with Crippen molar-refractivity contribution >= 4 is 17.7 Å². The third kappa shape index (κ3) is 2.51. The molecule has 1 N–H and O–H groups in total. The van der Waals surface area contributed by atoms with E-state index in [0.29, 0.717) is 5.56 Å². The number of carbonyl (C=O) groups is 1. The van der Waals surface area contributed by atoms with Crippen molar-refractivity contribution in [3.05, 3.63) is 42.1 Å². The number of hydrogen-bond donors (Lipinski definition) is 1. The van der Waals surface area contributed by atoms with Gasteiger partial charge in [0.1, 0.15) is 0 Å².